The zero-order valence-corrected chi connectivity index (χ0v) is 17.5. The van der Waals surface area contributed by atoms with E-state index >= 15 is 0 Å². The quantitative estimate of drug-likeness (QED) is 0.564. The number of nitrogens with one attached hydrogen (secondary N) is 1. The standard InChI is InChI=1S/C22H22ClFN4.ClH/c23-22(9-7-16(8-10-22)15-1-4-19(24)5-2-15)18-3-6-20-17(11-18)12-25-13-21-27-26-14-28(20)21;/h1-6,11,14,16,25H,7-10,12-13H2;1H. The van der Waals surface area contributed by atoms with Gasteiger partial charge in [-0.05, 0) is 66.5 Å². The van der Waals surface area contributed by atoms with Gasteiger partial charge in [0.05, 0.1) is 17.1 Å². The molecule has 1 aromatic heterocycles. The van der Waals surface area contributed by atoms with Crippen molar-refractivity contribution in [1.82, 2.24) is 20.1 Å². The molecular formula is C22H23Cl2FN4. The molecule has 7 heteroatoms. The molecule has 1 saturated carbocycles. The van der Waals surface area contributed by atoms with E-state index in [1.54, 1.807) is 18.5 Å². The lowest BCUT2D eigenvalue weighted by Gasteiger charge is -2.36. The van der Waals surface area contributed by atoms with Crippen LogP contribution in [0.3, 0.4) is 0 Å². The average molecular weight is 433 g/mol. The van der Waals surface area contributed by atoms with Crippen LogP contribution in [0.4, 0.5) is 4.39 Å². The summed E-state index contributed by atoms with van der Waals surface area (Å²) in [5.74, 6) is 1.20. The first-order valence-electron chi connectivity index (χ1n) is 9.80. The van der Waals surface area contributed by atoms with Gasteiger partial charge in [-0.2, -0.15) is 0 Å². The normalized spacial score (nSPS) is 23.4. The lowest BCUT2D eigenvalue weighted by atomic mass is 9.75. The Morgan fingerprint density at radius 2 is 1.83 bits per heavy atom. The highest BCUT2D eigenvalue weighted by Gasteiger charge is 2.36. The second kappa shape index (κ2) is 8.05. The molecule has 1 N–H and O–H groups in total. The number of rotatable bonds is 2. The van der Waals surface area contributed by atoms with Crippen molar-refractivity contribution in [2.75, 3.05) is 0 Å². The van der Waals surface area contributed by atoms with E-state index < -0.39 is 0 Å². The Balaban J connectivity index is 0.00000205. The van der Waals surface area contributed by atoms with E-state index in [9.17, 15) is 4.39 Å². The highest BCUT2D eigenvalue weighted by atomic mass is 35.5. The van der Waals surface area contributed by atoms with Gasteiger partial charge in [0.25, 0.3) is 0 Å². The predicted molar refractivity (Wildman–Crippen MR) is 114 cm³/mol. The summed E-state index contributed by atoms with van der Waals surface area (Å²) in [7, 11) is 0. The van der Waals surface area contributed by atoms with E-state index in [1.165, 1.54) is 16.7 Å². The first kappa shape index (κ1) is 20.3. The van der Waals surface area contributed by atoms with Crippen molar-refractivity contribution in [3.63, 3.8) is 0 Å². The molecule has 0 atom stereocenters. The Hall–Kier alpha value is -1.95. The molecule has 1 aliphatic carbocycles. The van der Waals surface area contributed by atoms with Crippen molar-refractivity contribution >= 4 is 24.0 Å². The van der Waals surface area contributed by atoms with Crippen molar-refractivity contribution in [3.05, 3.63) is 77.1 Å². The van der Waals surface area contributed by atoms with Crippen LogP contribution in [-0.4, -0.2) is 14.8 Å². The summed E-state index contributed by atoms with van der Waals surface area (Å²) in [6.07, 6.45) is 5.63. The number of aromatic nitrogens is 3. The summed E-state index contributed by atoms with van der Waals surface area (Å²) in [5.41, 5.74) is 4.74. The maximum absolute atomic E-state index is 13.2. The van der Waals surface area contributed by atoms with Crippen molar-refractivity contribution < 1.29 is 4.39 Å². The SMILES string of the molecule is Cl.Fc1ccc(C2CCC(Cl)(c3ccc4c(c3)CNCc3nncn3-4)CC2)cc1. The topological polar surface area (TPSA) is 42.7 Å². The van der Waals surface area contributed by atoms with Gasteiger partial charge in [-0.25, -0.2) is 4.39 Å². The van der Waals surface area contributed by atoms with Gasteiger partial charge in [0.15, 0.2) is 5.82 Å². The van der Waals surface area contributed by atoms with Gasteiger partial charge in [0.2, 0.25) is 0 Å². The Kier molecular flexibility index (Phi) is 5.65. The van der Waals surface area contributed by atoms with Crippen LogP contribution >= 0.6 is 24.0 Å². The van der Waals surface area contributed by atoms with Crippen molar-refractivity contribution in [1.29, 1.82) is 0 Å². The Labute approximate surface area is 180 Å². The third-order valence-electron chi connectivity index (χ3n) is 6.19. The van der Waals surface area contributed by atoms with Gasteiger partial charge in [0, 0.05) is 6.54 Å². The van der Waals surface area contributed by atoms with Crippen molar-refractivity contribution in [2.45, 2.75) is 49.6 Å². The fourth-order valence-corrected chi connectivity index (χ4v) is 4.90. The summed E-state index contributed by atoms with van der Waals surface area (Å²) in [5, 5.41) is 11.6. The molecule has 2 aliphatic rings. The van der Waals surface area contributed by atoms with Crippen LogP contribution in [0.5, 0.6) is 0 Å². The largest absolute Gasteiger partial charge is 0.306 e. The average Bonchev–Trinajstić information content (AvgIpc) is 3.11. The van der Waals surface area contributed by atoms with Gasteiger partial charge in [-0.15, -0.1) is 34.2 Å². The number of nitrogens with zero attached hydrogens (tertiary/aromatic N) is 3. The fourth-order valence-electron chi connectivity index (χ4n) is 4.56. The number of alkyl halides is 1. The lowest BCUT2D eigenvalue weighted by Crippen LogP contribution is -2.26. The fraction of sp³-hybridized carbons (Fsp3) is 0.364. The first-order valence-corrected chi connectivity index (χ1v) is 10.2. The molecule has 2 aromatic carbocycles. The van der Waals surface area contributed by atoms with Crippen molar-refractivity contribution in [3.8, 4) is 5.69 Å². The second-order valence-corrected chi connectivity index (χ2v) is 8.58. The molecule has 0 bridgehead atoms. The molecule has 4 nitrogen and oxygen atoms in total. The minimum atomic E-state index is -0.339. The summed E-state index contributed by atoms with van der Waals surface area (Å²) in [4.78, 5) is -0.339. The monoisotopic (exact) mass is 432 g/mol. The second-order valence-electron chi connectivity index (χ2n) is 7.86. The van der Waals surface area contributed by atoms with Crippen LogP contribution in [0.1, 0.15) is 54.1 Å². The summed E-state index contributed by atoms with van der Waals surface area (Å²) in [6.45, 7) is 1.49. The van der Waals surface area contributed by atoms with E-state index in [2.05, 4.69) is 33.7 Å². The molecule has 5 rings (SSSR count). The molecule has 29 heavy (non-hydrogen) atoms. The highest BCUT2D eigenvalue weighted by molar-refractivity contribution is 6.24. The number of fused-ring (bicyclic) bond motifs is 3. The lowest BCUT2D eigenvalue weighted by molar-refractivity contribution is 0.359. The van der Waals surface area contributed by atoms with Gasteiger partial charge in [-0.3, -0.25) is 4.57 Å². The number of hydrogen-bond donors (Lipinski definition) is 1. The molecule has 0 unspecified atom stereocenters. The highest BCUT2D eigenvalue weighted by Crippen LogP contribution is 2.48. The minimum absolute atomic E-state index is 0. The molecule has 1 fully saturated rings. The van der Waals surface area contributed by atoms with Gasteiger partial charge < -0.3 is 5.32 Å². The van der Waals surface area contributed by atoms with E-state index in [0.717, 1.165) is 43.7 Å². The Morgan fingerprint density at radius 1 is 1.07 bits per heavy atom. The van der Waals surface area contributed by atoms with Crippen LogP contribution in [-0.2, 0) is 18.0 Å². The van der Waals surface area contributed by atoms with Crippen LogP contribution in [0.25, 0.3) is 5.69 Å². The molecule has 152 valence electrons. The Morgan fingerprint density at radius 3 is 2.59 bits per heavy atom. The van der Waals surface area contributed by atoms with Gasteiger partial charge >= 0.3 is 0 Å². The molecular weight excluding hydrogens is 410 g/mol. The summed E-state index contributed by atoms with van der Waals surface area (Å²) in [6, 6.07) is 13.5. The van der Waals surface area contributed by atoms with E-state index in [-0.39, 0.29) is 23.1 Å². The van der Waals surface area contributed by atoms with Crippen LogP contribution in [0.2, 0.25) is 0 Å². The molecule has 2 heterocycles. The van der Waals surface area contributed by atoms with Gasteiger partial charge in [0.1, 0.15) is 12.1 Å². The van der Waals surface area contributed by atoms with Crippen LogP contribution in [0.15, 0.2) is 48.8 Å². The van der Waals surface area contributed by atoms with E-state index in [1.807, 2.05) is 16.7 Å². The minimum Gasteiger partial charge on any atom is -0.306 e. The molecule has 0 radical (unpaired) electrons. The Bertz CT molecular complexity index is 994. The molecule has 0 saturated heterocycles. The first-order chi connectivity index (χ1) is 13.6. The zero-order valence-electron chi connectivity index (χ0n) is 15.9. The van der Waals surface area contributed by atoms with Crippen molar-refractivity contribution in [2.24, 2.45) is 0 Å². The molecule has 1 aliphatic heterocycles. The van der Waals surface area contributed by atoms with Gasteiger partial charge in [-0.1, -0.05) is 24.3 Å². The number of benzene rings is 2. The van der Waals surface area contributed by atoms with E-state index in [0.29, 0.717) is 12.5 Å². The third-order valence-corrected chi connectivity index (χ3v) is 6.79. The smallest absolute Gasteiger partial charge is 0.151 e. The maximum Gasteiger partial charge on any atom is 0.151 e. The molecule has 3 aromatic rings. The van der Waals surface area contributed by atoms with E-state index in [4.69, 9.17) is 11.6 Å². The predicted octanol–water partition coefficient (Wildman–Crippen LogP) is 5.22. The number of halogens is 3. The number of hydrogen-bond acceptors (Lipinski definition) is 3. The summed E-state index contributed by atoms with van der Waals surface area (Å²) >= 11 is 7.13. The van der Waals surface area contributed by atoms with Crippen LogP contribution < -0.4 is 5.32 Å². The van der Waals surface area contributed by atoms with Crippen LogP contribution in [0, 0.1) is 5.82 Å². The molecule has 0 amide bonds. The zero-order chi connectivity index (χ0) is 19.1. The maximum atomic E-state index is 13.2. The molecule has 0 spiro atoms. The third kappa shape index (κ3) is 3.79. The summed E-state index contributed by atoms with van der Waals surface area (Å²) < 4.78 is 15.2.